The maximum Gasteiger partial charge on any atom is 0.256 e. The maximum atomic E-state index is 11.9. The van der Waals surface area contributed by atoms with Crippen molar-refractivity contribution in [1.82, 2.24) is 15.8 Å². The van der Waals surface area contributed by atoms with Gasteiger partial charge in [0.05, 0.1) is 18.9 Å². The molecule has 1 aromatic rings. The summed E-state index contributed by atoms with van der Waals surface area (Å²) < 4.78 is 10.3. The van der Waals surface area contributed by atoms with E-state index in [4.69, 9.17) is 9.26 Å². The first-order valence-electron chi connectivity index (χ1n) is 5.70. The fourth-order valence-electron chi connectivity index (χ4n) is 1.86. The molecule has 2 rings (SSSR count). The zero-order valence-electron chi connectivity index (χ0n) is 10.1. The van der Waals surface area contributed by atoms with E-state index in [2.05, 4.69) is 15.8 Å². The lowest BCUT2D eigenvalue weighted by atomic mass is 10.2. The molecule has 0 radical (unpaired) electrons. The molecule has 0 bridgehead atoms. The van der Waals surface area contributed by atoms with Gasteiger partial charge in [0.1, 0.15) is 11.3 Å². The first kappa shape index (κ1) is 12.1. The predicted molar refractivity (Wildman–Crippen MR) is 60.9 cm³/mol. The molecule has 0 saturated carbocycles. The molecule has 1 unspecified atom stereocenters. The van der Waals surface area contributed by atoms with Gasteiger partial charge in [-0.05, 0) is 13.8 Å². The van der Waals surface area contributed by atoms with E-state index in [1.165, 1.54) is 0 Å². The number of aromatic nitrogens is 1. The van der Waals surface area contributed by atoms with E-state index in [0.29, 0.717) is 30.2 Å². The Hall–Kier alpha value is -1.40. The molecule has 0 aliphatic carbocycles. The lowest BCUT2D eigenvalue weighted by Crippen LogP contribution is -2.48. The van der Waals surface area contributed by atoms with E-state index in [-0.39, 0.29) is 11.9 Å². The number of nitrogens with one attached hydrogen (secondary N) is 2. The lowest BCUT2D eigenvalue weighted by molar-refractivity contribution is 0.0734. The molecule has 0 spiro atoms. The standard InChI is InChI=1S/C11H17N3O3/c1-7-10(8(2)17-14-7)11(15)13-5-9-6-16-4-3-12-9/h9,12H,3-6H2,1-2H3,(H,13,15). The molecule has 2 N–H and O–H groups in total. The van der Waals surface area contributed by atoms with E-state index in [0.717, 1.165) is 13.2 Å². The molecule has 6 nitrogen and oxygen atoms in total. The van der Waals surface area contributed by atoms with Crippen LogP contribution in [0.15, 0.2) is 4.52 Å². The van der Waals surface area contributed by atoms with Crippen LogP contribution in [0.2, 0.25) is 0 Å². The second kappa shape index (κ2) is 5.29. The molecule has 6 heteroatoms. The highest BCUT2D eigenvalue weighted by Crippen LogP contribution is 2.11. The van der Waals surface area contributed by atoms with Crippen molar-refractivity contribution in [3.63, 3.8) is 0 Å². The Kier molecular flexibility index (Phi) is 3.75. The highest BCUT2D eigenvalue weighted by molar-refractivity contribution is 5.96. The van der Waals surface area contributed by atoms with Crippen molar-refractivity contribution >= 4 is 5.91 Å². The molecule has 1 amide bonds. The van der Waals surface area contributed by atoms with Crippen LogP contribution in [0.25, 0.3) is 0 Å². The molecule has 1 aromatic heterocycles. The third-order valence-corrected chi connectivity index (χ3v) is 2.77. The minimum Gasteiger partial charge on any atom is -0.378 e. The van der Waals surface area contributed by atoms with Gasteiger partial charge in [0.2, 0.25) is 0 Å². The smallest absolute Gasteiger partial charge is 0.256 e. The van der Waals surface area contributed by atoms with Crippen molar-refractivity contribution in [2.45, 2.75) is 19.9 Å². The van der Waals surface area contributed by atoms with E-state index in [1.807, 2.05) is 0 Å². The monoisotopic (exact) mass is 239 g/mol. The molecule has 17 heavy (non-hydrogen) atoms. The van der Waals surface area contributed by atoms with E-state index >= 15 is 0 Å². The van der Waals surface area contributed by atoms with Crippen LogP contribution in [-0.4, -0.2) is 43.4 Å². The Balaban J connectivity index is 1.89. The quantitative estimate of drug-likeness (QED) is 0.777. The topological polar surface area (TPSA) is 76.4 Å². The van der Waals surface area contributed by atoms with Gasteiger partial charge in [-0.25, -0.2) is 0 Å². The summed E-state index contributed by atoms with van der Waals surface area (Å²) in [7, 11) is 0. The molecule has 0 aromatic carbocycles. The SMILES string of the molecule is Cc1noc(C)c1C(=O)NCC1COCCN1. The Morgan fingerprint density at radius 1 is 1.59 bits per heavy atom. The van der Waals surface area contributed by atoms with Crippen molar-refractivity contribution in [3.8, 4) is 0 Å². The number of carbonyl (C=O) groups excluding carboxylic acids is 1. The van der Waals surface area contributed by atoms with Crippen molar-refractivity contribution in [3.05, 3.63) is 17.0 Å². The number of nitrogens with zero attached hydrogens (tertiary/aromatic N) is 1. The number of carbonyl (C=O) groups is 1. The molecular weight excluding hydrogens is 222 g/mol. The van der Waals surface area contributed by atoms with Crippen LogP contribution in [0.3, 0.4) is 0 Å². The molecule has 1 fully saturated rings. The van der Waals surface area contributed by atoms with E-state index in [1.54, 1.807) is 13.8 Å². The summed E-state index contributed by atoms with van der Waals surface area (Å²) >= 11 is 0. The highest BCUT2D eigenvalue weighted by Gasteiger charge is 2.19. The number of rotatable bonds is 3. The third-order valence-electron chi connectivity index (χ3n) is 2.77. The minimum atomic E-state index is -0.145. The molecule has 1 saturated heterocycles. The Bertz CT molecular complexity index is 377. The van der Waals surface area contributed by atoms with Gasteiger partial charge in [-0.1, -0.05) is 5.16 Å². The summed E-state index contributed by atoms with van der Waals surface area (Å²) in [6.45, 7) is 6.22. The van der Waals surface area contributed by atoms with Crippen molar-refractivity contribution in [1.29, 1.82) is 0 Å². The molecule has 1 atom stereocenters. The average Bonchev–Trinajstić information content (AvgIpc) is 2.67. The summed E-state index contributed by atoms with van der Waals surface area (Å²) in [6.07, 6.45) is 0. The number of ether oxygens (including phenoxy) is 1. The summed E-state index contributed by atoms with van der Waals surface area (Å²) in [6, 6.07) is 0.174. The number of amides is 1. The van der Waals surface area contributed by atoms with Gasteiger partial charge >= 0.3 is 0 Å². The van der Waals surface area contributed by atoms with Crippen LogP contribution in [-0.2, 0) is 4.74 Å². The van der Waals surface area contributed by atoms with Crippen LogP contribution in [0.5, 0.6) is 0 Å². The normalized spacial score (nSPS) is 20.2. The zero-order valence-corrected chi connectivity index (χ0v) is 10.1. The van der Waals surface area contributed by atoms with Crippen molar-refractivity contribution < 1.29 is 14.1 Å². The first-order valence-corrected chi connectivity index (χ1v) is 5.70. The maximum absolute atomic E-state index is 11.9. The minimum absolute atomic E-state index is 0.145. The number of hydrogen-bond acceptors (Lipinski definition) is 5. The van der Waals surface area contributed by atoms with Crippen molar-refractivity contribution in [2.24, 2.45) is 0 Å². The van der Waals surface area contributed by atoms with Gasteiger partial charge in [-0.2, -0.15) is 0 Å². The summed E-state index contributed by atoms with van der Waals surface area (Å²) in [4.78, 5) is 11.9. The summed E-state index contributed by atoms with van der Waals surface area (Å²) in [5.41, 5.74) is 1.15. The van der Waals surface area contributed by atoms with Crippen LogP contribution >= 0.6 is 0 Å². The summed E-state index contributed by atoms with van der Waals surface area (Å²) in [5.74, 6) is 0.404. The zero-order chi connectivity index (χ0) is 12.3. The van der Waals surface area contributed by atoms with Gasteiger partial charge in [0.25, 0.3) is 5.91 Å². The third kappa shape index (κ3) is 2.83. The Morgan fingerprint density at radius 2 is 2.41 bits per heavy atom. The lowest BCUT2D eigenvalue weighted by Gasteiger charge is -2.23. The van der Waals surface area contributed by atoms with Crippen LogP contribution < -0.4 is 10.6 Å². The second-order valence-corrected chi connectivity index (χ2v) is 4.14. The molecule has 1 aliphatic rings. The van der Waals surface area contributed by atoms with Gasteiger partial charge in [-0.3, -0.25) is 4.79 Å². The molecule has 2 heterocycles. The predicted octanol–water partition coefficient (Wildman–Crippen LogP) is 0.00964. The van der Waals surface area contributed by atoms with Gasteiger partial charge in [0.15, 0.2) is 0 Å². The molecule has 1 aliphatic heterocycles. The largest absolute Gasteiger partial charge is 0.378 e. The van der Waals surface area contributed by atoms with E-state index < -0.39 is 0 Å². The van der Waals surface area contributed by atoms with Crippen molar-refractivity contribution in [2.75, 3.05) is 26.3 Å². The van der Waals surface area contributed by atoms with Crippen LogP contribution in [0, 0.1) is 13.8 Å². The number of aryl methyl sites for hydroxylation is 2. The Morgan fingerprint density at radius 3 is 3.00 bits per heavy atom. The fraction of sp³-hybridized carbons (Fsp3) is 0.636. The second-order valence-electron chi connectivity index (χ2n) is 4.14. The fourth-order valence-corrected chi connectivity index (χ4v) is 1.86. The van der Waals surface area contributed by atoms with Gasteiger partial charge in [-0.15, -0.1) is 0 Å². The Labute approximate surface area is 99.7 Å². The first-order chi connectivity index (χ1) is 8.18. The highest BCUT2D eigenvalue weighted by atomic mass is 16.5. The van der Waals surface area contributed by atoms with Gasteiger partial charge in [0, 0.05) is 19.1 Å². The molecule has 94 valence electrons. The molecular formula is C11H17N3O3. The van der Waals surface area contributed by atoms with Crippen LogP contribution in [0.1, 0.15) is 21.8 Å². The summed E-state index contributed by atoms with van der Waals surface area (Å²) in [5, 5.41) is 9.88. The van der Waals surface area contributed by atoms with Gasteiger partial charge < -0.3 is 19.9 Å². The number of hydrogen-bond donors (Lipinski definition) is 2. The number of morpholine rings is 1. The van der Waals surface area contributed by atoms with Crippen LogP contribution in [0.4, 0.5) is 0 Å². The average molecular weight is 239 g/mol. The van der Waals surface area contributed by atoms with E-state index in [9.17, 15) is 4.79 Å².